The standard InChI is InChI=1S/C18H20N2O6/c1-4-10-19-17(21)25-16(26-18(22)20-11-5-2)14-6-8-15(9-7-14)24-13-12-23-3/h1-2,6-9,16H,10-13H2,3H3,(H,19,21)(H,20,22). The summed E-state index contributed by atoms with van der Waals surface area (Å²) in [7, 11) is 1.57. The van der Waals surface area contributed by atoms with E-state index in [0.717, 1.165) is 0 Å². The van der Waals surface area contributed by atoms with Crippen molar-refractivity contribution in [3.05, 3.63) is 29.8 Å². The van der Waals surface area contributed by atoms with Crippen LogP contribution in [0.3, 0.4) is 0 Å². The number of terminal acetylenes is 2. The Bertz CT molecular complexity index is 628. The molecule has 2 N–H and O–H groups in total. The van der Waals surface area contributed by atoms with E-state index in [1.54, 1.807) is 31.4 Å². The summed E-state index contributed by atoms with van der Waals surface area (Å²) >= 11 is 0. The predicted molar refractivity (Wildman–Crippen MR) is 93.2 cm³/mol. The van der Waals surface area contributed by atoms with Crippen LogP contribution < -0.4 is 15.4 Å². The van der Waals surface area contributed by atoms with Crippen molar-refractivity contribution >= 4 is 12.2 Å². The van der Waals surface area contributed by atoms with Crippen molar-refractivity contribution in [2.75, 3.05) is 33.4 Å². The molecule has 0 saturated carbocycles. The molecule has 8 heteroatoms. The molecule has 0 heterocycles. The van der Waals surface area contributed by atoms with Gasteiger partial charge in [-0.05, 0) is 24.3 Å². The van der Waals surface area contributed by atoms with Gasteiger partial charge in [0.15, 0.2) is 0 Å². The molecule has 0 bridgehead atoms. The third kappa shape index (κ3) is 7.95. The van der Waals surface area contributed by atoms with E-state index in [2.05, 4.69) is 22.5 Å². The summed E-state index contributed by atoms with van der Waals surface area (Å²) in [6.45, 7) is 0.777. The molecule has 0 aliphatic carbocycles. The smallest absolute Gasteiger partial charge is 0.411 e. The molecule has 1 rings (SSSR count). The van der Waals surface area contributed by atoms with Crippen molar-refractivity contribution in [3.63, 3.8) is 0 Å². The minimum absolute atomic E-state index is 0.0267. The largest absolute Gasteiger partial charge is 0.491 e. The topological polar surface area (TPSA) is 95.1 Å². The fourth-order valence-corrected chi connectivity index (χ4v) is 1.65. The van der Waals surface area contributed by atoms with E-state index >= 15 is 0 Å². The molecule has 1 aromatic carbocycles. The van der Waals surface area contributed by atoms with E-state index in [1.165, 1.54) is 0 Å². The molecule has 26 heavy (non-hydrogen) atoms. The Morgan fingerprint density at radius 3 is 2.00 bits per heavy atom. The minimum Gasteiger partial charge on any atom is -0.491 e. The molecule has 0 atom stereocenters. The quantitative estimate of drug-likeness (QED) is 0.393. The van der Waals surface area contributed by atoms with Gasteiger partial charge >= 0.3 is 12.2 Å². The summed E-state index contributed by atoms with van der Waals surface area (Å²) in [5, 5.41) is 4.63. The number of amides is 2. The van der Waals surface area contributed by atoms with Gasteiger partial charge in [-0.2, -0.15) is 0 Å². The van der Waals surface area contributed by atoms with Crippen LogP contribution in [0, 0.1) is 24.7 Å². The third-order valence-corrected chi connectivity index (χ3v) is 2.81. The Kier molecular flexibility index (Phi) is 9.60. The molecule has 0 radical (unpaired) electrons. The first kappa shape index (κ1) is 20.7. The normalized spacial score (nSPS) is 9.54. The molecule has 0 aliphatic rings. The highest BCUT2D eigenvalue weighted by atomic mass is 16.7. The van der Waals surface area contributed by atoms with Crippen molar-refractivity contribution in [1.82, 2.24) is 10.6 Å². The van der Waals surface area contributed by atoms with Crippen LogP contribution in [0.4, 0.5) is 9.59 Å². The maximum absolute atomic E-state index is 11.7. The second kappa shape index (κ2) is 12.1. The molecule has 2 amide bonds. The van der Waals surface area contributed by atoms with E-state index < -0.39 is 18.5 Å². The number of methoxy groups -OCH3 is 1. The number of carbonyl (C=O) groups excluding carboxylic acids is 2. The lowest BCUT2D eigenvalue weighted by molar-refractivity contribution is -0.0633. The first-order valence-corrected chi connectivity index (χ1v) is 7.58. The highest BCUT2D eigenvalue weighted by molar-refractivity contribution is 5.70. The SMILES string of the molecule is C#CCNC(=O)OC(OC(=O)NCC#C)c1ccc(OCCOC)cc1. The van der Waals surface area contributed by atoms with Gasteiger partial charge in [0.25, 0.3) is 6.29 Å². The molecule has 0 saturated heterocycles. The van der Waals surface area contributed by atoms with Crippen LogP contribution in [0.1, 0.15) is 11.9 Å². The van der Waals surface area contributed by atoms with Crippen LogP contribution in [-0.4, -0.2) is 45.6 Å². The Hall–Kier alpha value is -3.36. The van der Waals surface area contributed by atoms with Gasteiger partial charge in [-0.15, -0.1) is 12.8 Å². The number of hydrogen-bond acceptors (Lipinski definition) is 6. The fraction of sp³-hybridized carbons (Fsp3) is 0.333. The number of alkyl carbamates (subject to hydrolysis) is 2. The zero-order valence-corrected chi connectivity index (χ0v) is 14.3. The average Bonchev–Trinajstić information content (AvgIpc) is 2.65. The van der Waals surface area contributed by atoms with Crippen molar-refractivity contribution in [3.8, 4) is 30.4 Å². The van der Waals surface area contributed by atoms with E-state index in [4.69, 9.17) is 31.8 Å². The van der Waals surface area contributed by atoms with Gasteiger partial charge in [-0.1, -0.05) is 11.8 Å². The second-order valence-electron chi connectivity index (χ2n) is 4.67. The van der Waals surface area contributed by atoms with Gasteiger partial charge in [0.2, 0.25) is 0 Å². The maximum Gasteiger partial charge on any atom is 0.411 e. The van der Waals surface area contributed by atoms with Gasteiger partial charge in [-0.25, -0.2) is 9.59 Å². The van der Waals surface area contributed by atoms with Crippen LogP contribution >= 0.6 is 0 Å². The molecule has 0 spiro atoms. The van der Waals surface area contributed by atoms with Gasteiger partial charge < -0.3 is 29.6 Å². The Labute approximate surface area is 152 Å². The molecule has 1 aromatic rings. The van der Waals surface area contributed by atoms with Crippen LogP contribution in [0.15, 0.2) is 24.3 Å². The van der Waals surface area contributed by atoms with Crippen molar-refractivity contribution in [2.24, 2.45) is 0 Å². The monoisotopic (exact) mass is 360 g/mol. The second-order valence-corrected chi connectivity index (χ2v) is 4.67. The van der Waals surface area contributed by atoms with Gasteiger partial charge in [0.1, 0.15) is 12.4 Å². The lowest BCUT2D eigenvalue weighted by atomic mass is 10.2. The molecular weight excluding hydrogens is 340 g/mol. The molecule has 0 aromatic heterocycles. The summed E-state index contributed by atoms with van der Waals surface area (Å²) in [5.74, 6) is 5.04. The molecule has 8 nitrogen and oxygen atoms in total. The van der Waals surface area contributed by atoms with E-state index in [9.17, 15) is 9.59 Å². The minimum atomic E-state index is -1.29. The summed E-state index contributed by atoms with van der Waals surface area (Å²) in [6, 6.07) is 6.47. The Balaban J connectivity index is 2.78. The molecule has 138 valence electrons. The van der Waals surface area contributed by atoms with Crippen LogP contribution in [-0.2, 0) is 14.2 Å². The summed E-state index contributed by atoms with van der Waals surface area (Å²) in [5.41, 5.74) is 0.413. The summed E-state index contributed by atoms with van der Waals surface area (Å²) < 4.78 is 20.5. The summed E-state index contributed by atoms with van der Waals surface area (Å²) in [6.07, 6.45) is 7.16. The van der Waals surface area contributed by atoms with Crippen molar-refractivity contribution in [2.45, 2.75) is 6.29 Å². The maximum atomic E-state index is 11.7. The Morgan fingerprint density at radius 2 is 1.54 bits per heavy atom. The van der Waals surface area contributed by atoms with E-state index in [1.807, 2.05) is 0 Å². The zero-order chi connectivity index (χ0) is 19.2. The fourth-order valence-electron chi connectivity index (χ4n) is 1.65. The number of nitrogens with one attached hydrogen (secondary N) is 2. The van der Waals surface area contributed by atoms with Crippen LogP contribution in [0.2, 0.25) is 0 Å². The highest BCUT2D eigenvalue weighted by Gasteiger charge is 2.21. The Morgan fingerprint density at radius 1 is 1.00 bits per heavy atom. The molecule has 0 aliphatic heterocycles. The number of carbonyl (C=O) groups is 2. The molecule has 0 unspecified atom stereocenters. The lowest BCUT2D eigenvalue weighted by Crippen LogP contribution is -2.31. The van der Waals surface area contributed by atoms with Crippen LogP contribution in [0.5, 0.6) is 5.75 Å². The van der Waals surface area contributed by atoms with Crippen LogP contribution in [0.25, 0.3) is 0 Å². The molecular formula is C18H20N2O6. The van der Waals surface area contributed by atoms with Gasteiger partial charge in [-0.3, -0.25) is 0 Å². The summed E-state index contributed by atoms with van der Waals surface area (Å²) in [4.78, 5) is 23.4. The lowest BCUT2D eigenvalue weighted by Gasteiger charge is -2.19. The highest BCUT2D eigenvalue weighted by Crippen LogP contribution is 2.22. The first-order valence-electron chi connectivity index (χ1n) is 7.58. The number of ether oxygens (including phenoxy) is 4. The number of rotatable bonds is 9. The number of benzene rings is 1. The van der Waals surface area contributed by atoms with Crippen molar-refractivity contribution in [1.29, 1.82) is 0 Å². The van der Waals surface area contributed by atoms with E-state index in [0.29, 0.717) is 24.5 Å². The zero-order valence-electron chi connectivity index (χ0n) is 14.3. The first-order chi connectivity index (χ1) is 12.6. The molecule has 0 fully saturated rings. The van der Waals surface area contributed by atoms with Crippen molar-refractivity contribution < 1.29 is 28.5 Å². The van der Waals surface area contributed by atoms with E-state index in [-0.39, 0.29) is 13.1 Å². The average molecular weight is 360 g/mol. The van der Waals surface area contributed by atoms with Gasteiger partial charge in [0.05, 0.1) is 19.7 Å². The number of hydrogen-bond donors (Lipinski definition) is 2. The predicted octanol–water partition coefficient (Wildman–Crippen LogP) is 1.43. The van der Waals surface area contributed by atoms with Gasteiger partial charge in [0, 0.05) is 12.7 Å². The third-order valence-electron chi connectivity index (χ3n) is 2.81.